The number of carbonyl (C=O) groups is 1. The number of hydrogen-bond acceptors (Lipinski definition) is 10. The van der Waals surface area contributed by atoms with Crippen LogP contribution in [0.5, 0.6) is 0 Å². The highest BCUT2D eigenvalue weighted by atomic mass is 32.1. The summed E-state index contributed by atoms with van der Waals surface area (Å²) in [6, 6.07) is 1.59. The zero-order chi connectivity index (χ0) is 21.6. The van der Waals surface area contributed by atoms with Crippen molar-refractivity contribution in [3.63, 3.8) is 0 Å². The van der Waals surface area contributed by atoms with Crippen molar-refractivity contribution in [2.75, 3.05) is 19.5 Å². The number of nitrogens with zero attached hydrogens (tertiary/aromatic N) is 4. The molecule has 0 spiro atoms. The van der Waals surface area contributed by atoms with Crippen LogP contribution in [0.2, 0.25) is 0 Å². The molecule has 4 N–H and O–H groups in total. The van der Waals surface area contributed by atoms with Gasteiger partial charge in [0.05, 0.1) is 26.5 Å². The van der Waals surface area contributed by atoms with Crippen molar-refractivity contribution < 1.29 is 28.9 Å². The fourth-order valence-corrected chi connectivity index (χ4v) is 4.19. The summed E-state index contributed by atoms with van der Waals surface area (Å²) < 4.78 is 26.6. The first-order valence-electron chi connectivity index (χ1n) is 8.83. The zero-order valence-corrected chi connectivity index (χ0v) is 16.5. The van der Waals surface area contributed by atoms with E-state index >= 15 is 0 Å². The van der Waals surface area contributed by atoms with E-state index in [1.807, 2.05) is 0 Å². The number of thiophene rings is 1. The van der Waals surface area contributed by atoms with Crippen LogP contribution in [-0.4, -0.2) is 67.4 Å². The lowest BCUT2D eigenvalue weighted by Crippen LogP contribution is -2.34. The summed E-state index contributed by atoms with van der Waals surface area (Å²) in [5, 5.41) is 21.2. The molecule has 0 bridgehead atoms. The number of nitrogen functional groups attached to an aromatic ring is 1. The fraction of sp³-hybridized carbons (Fsp3) is 0.412. The number of ether oxygens (including phenoxy) is 2. The van der Waals surface area contributed by atoms with Gasteiger partial charge in [0, 0.05) is 0 Å². The molecule has 0 aliphatic carbocycles. The second kappa shape index (κ2) is 7.75. The average molecular weight is 439 g/mol. The summed E-state index contributed by atoms with van der Waals surface area (Å²) in [7, 11) is 1.27. The van der Waals surface area contributed by atoms with Crippen molar-refractivity contribution in [1.29, 1.82) is 0 Å². The number of nitrogens with two attached hydrogens (primary N) is 1. The summed E-state index contributed by atoms with van der Waals surface area (Å²) in [6.45, 7) is -0.612. The van der Waals surface area contributed by atoms with E-state index in [0.29, 0.717) is 10.4 Å². The highest BCUT2D eigenvalue weighted by Gasteiger charge is 2.46. The minimum absolute atomic E-state index is 0.0470. The second-order valence-corrected chi connectivity index (χ2v) is 7.58. The predicted octanol–water partition coefficient (Wildman–Crippen LogP) is -0.340. The van der Waals surface area contributed by atoms with Gasteiger partial charge in [-0.1, -0.05) is 0 Å². The van der Waals surface area contributed by atoms with Gasteiger partial charge in [-0.25, -0.2) is 23.5 Å². The topological polar surface area (TPSA) is 155 Å². The van der Waals surface area contributed by atoms with Crippen LogP contribution < -0.4 is 11.4 Å². The molecular formula is C17H18FN5O6S. The van der Waals surface area contributed by atoms with Gasteiger partial charge in [-0.15, -0.1) is 11.3 Å². The Kier molecular flexibility index (Phi) is 5.27. The molecular weight excluding hydrogens is 421 g/mol. The van der Waals surface area contributed by atoms with Crippen LogP contribution in [0.15, 0.2) is 22.4 Å². The third-order valence-electron chi connectivity index (χ3n) is 4.83. The number of anilines is 1. The molecule has 0 saturated carbocycles. The van der Waals surface area contributed by atoms with Gasteiger partial charge < -0.3 is 25.4 Å². The number of rotatable bonds is 5. The second-order valence-electron chi connectivity index (χ2n) is 6.67. The summed E-state index contributed by atoms with van der Waals surface area (Å²) in [5.41, 5.74) is 5.97. The lowest BCUT2D eigenvalue weighted by molar-refractivity contribution is -0.0513. The molecule has 1 aliphatic heterocycles. The number of imidazole rings is 1. The maximum Gasteiger partial charge on any atom is 0.348 e. The van der Waals surface area contributed by atoms with E-state index in [1.54, 1.807) is 11.4 Å². The maximum atomic E-state index is 14.2. The largest absolute Gasteiger partial charge is 0.465 e. The monoisotopic (exact) mass is 439 g/mol. The van der Waals surface area contributed by atoms with Crippen LogP contribution >= 0.6 is 11.3 Å². The Balaban J connectivity index is 1.80. The Morgan fingerprint density at radius 1 is 1.50 bits per heavy atom. The van der Waals surface area contributed by atoms with Gasteiger partial charge in [0.15, 0.2) is 18.0 Å². The van der Waals surface area contributed by atoms with Crippen LogP contribution in [0.25, 0.3) is 11.2 Å². The molecule has 0 aromatic carbocycles. The molecule has 30 heavy (non-hydrogen) atoms. The lowest BCUT2D eigenvalue weighted by Gasteiger charge is -2.15. The highest BCUT2D eigenvalue weighted by molar-refractivity contribution is 7.12. The molecule has 13 heteroatoms. The van der Waals surface area contributed by atoms with E-state index in [-0.39, 0.29) is 23.7 Å². The minimum Gasteiger partial charge on any atom is -0.465 e. The molecule has 0 unspecified atom stereocenters. The first kappa shape index (κ1) is 20.4. The van der Waals surface area contributed by atoms with Gasteiger partial charge in [0.2, 0.25) is 5.95 Å². The smallest absolute Gasteiger partial charge is 0.348 e. The number of aromatic nitrogens is 4. The number of methoxy groups -OCH3 is 1. The van der Waals surface area contributed by atoms with E-state index < -0.39 is 42.9 Å². The van der Waals surface area contributed by atoms with Crippen molar-refractivity contribution in [1.82, 2.24) is 19.1 Å². The summed E-state index contributed by atoms with van der Waals surface area (Å²) in [6.07, 6.45) is -4.93. The SMILES string of the molecule is COC(=O)c1cc(Cn2c(=O)n([C@@H]3O[C@H](CO)[C@@H](F)[C@H]3O)c3nc(N)ncc32)cs1. The number of aliphatic hydroxyl groups is 2. The molecule has 4 rings (SSSR count). The maximum absolute atomic E-state index is 14.2. The number of fused-ring (bicyclic) bond motifs is 1. The first-order valence-corrected chi connectivity index (χ1v) is 9.71. The van der Waals surface area contributed by atoms with Gasteiger partial charge in [-0.2, -0.15) is 4.98 Å². The third kappa shape index (κ3) is 3.25. The molecule has 1 fully saturated rings. The van der Waals surface area contributed by atoms with Gasteiger partial charge in [-0.05, 0) is 17.0 Å². The Hall–Kier alpha value is -2.87. The Morgan fingerprint density at radius 2 is 2.27 bits per heavy atom. The minimum atomic E-state index is -1.89. The molecule has 3 aromatic rings. The number of carbonyl (C=O) groups excluding carboxylic acids is 1. The van der Waals surface area contributed by atoms with E-state index in [2.05, 4.69) is 14.7 Å². The number of esters is 1. The third-order valence-corrected chi connectivity index (χ3v) is 5.79. The fourth-order valence-electron chi connectivity index (χ4n) is 3.37. The van der Waals surface area contributed by atoms with E-state index in [0.717, 1.165) is 15.9 Å². The number of halogens is 1. The zero-order valence-electron chi connectivity index (χ0n) is 15.6. The predicted molar refractivity (Wildman–Crippen MR) is 103 cm³/mol. The van der Waals surface area contributed by atoms with Crippen molar-refractivity contribution in [2.45, 2.75) is 31.2 Å². The first-order chi connectivity index (χ1) is 14.3. The van der Waals surface area contributed by atoms with Crippen LogP contribution in [0.3, 0.4) is 0 Å². The highest BCUT2D eigenvalue weighted by Crippen LogP contribution is 2.32. The average Bonchev–Trinajstić information content (AvgIpc) is 3.39. The molecule has 11 nitrogen and oxygen atoms in total. The Labute approximate surface area is 172 Å². The summed E-state index contributed by atoms with van der Waals surface area (Å²) >= 11 is 1.16. The molecule has 160 valence electrons. The summed E-state index contributed by atoms with van der Waals surface area (Å²) in [4.78, 5) is 33.2. The van der Waals surface area contributed by atoms with E-state index in [9.17, 15) is 24.2 Å². The van der Waals surface area contributed by atoms with Gasteiger partial charge in [0.1, 0.15) is 22.6 Å². The van der Waals surface area contributed by atoms with Gasteiger partial charge in [0.25, 0.3) is 0 Å². The van der Waals surface area contributed by atoms with Crippen LogP contribution in [0, 0.1) is 0 Å². The van der Waals surface area contributed by atoms with E-state index in [4.69, 9.17) is 10.5 Å². The molecule has 0 radical (unpaired) electrons. The number of aliphatic hydroxyl groups excluding tert-OH is 2. The van der Waals surface area contributed by atoms with Crippen molar-refractivity contribution in [3.8, 4) is 0 Å². The quantitative estimate of drug-likeness (QED) is 0.453. The van der Waals surface area contributed by atoms with Crippen molar-refractivity contribution >= 4 is 34.4 Å². The molecule has 1 aliphatic rings. The van der Waals surface area contributed by atoms with E-state index in [1.165, 1.54) is 17.9 Å². The molecule has 4 heterocycles. The Morgan fingerprint density at radius 3 is 2.93 bits per heavy atom. The van der Waals surface area contributed by atoms with Crippen LogP contribution in [0.1, 0.15) is 21.5 Å². The molecule has 4 atom stereocenters. The normalized spacial score (nSPS) is 23.9. The van der Waals surface area contributed by atoms with Gasteiger partial charge in [-0.3, -0.25) is 4.57 Å². The molecule has 3 aromatic heterocycles. The Bertz CT molecular complexity index is 1160. The van der Waals surface area contributed by atoms with Gasteiger partial charge >= 0.3 is 11.7 Å². The van der Waals surface area contributed by atoms with Crippen molar-refractivity contribution in [2.24, 2.45) is 0 Å². The lowest BCUT2D eigenvalue weighted by atomic mass is 10.1. The number of hydrogen-bond donors (Lipinski definition) is 3. The molecule has 0 amide bonds. The standard InChI is InChI=1S/C17H18FN5O6S/c1-28-15(26)10-2-7(6-30-10)4-22-8-3-20-16(19)21-13(8)23(17(22)27)14-12(25)11(18)9(5-24)29-14/h2-3,6,9,11-12,14,24-25H,4-5H2,1H3,(H2,19,20,21)/t9-,11-,12-,14-/m1/s1. The van der Waals surface area contributed by atoms with Crippen LogP contribution in [-0.2, 0) is 16.0 Å². The number of alkyl halides is 1. The van der Waals surface area contributed by atoms with Crippen LogP contribution in [0.4, 0.5) is 10.3 Å². The summed E-state index contributed by atoms with van der Waals surface area (Å²) in [5.74, 6) is -0.622. The van der Waals surface area contributed by atoms with Crippen molar-refractivity contribution in [3.05, 3.63) is 38.6 Å². The molecule has 1 saturated heterocycles.